The van der Waals surface area contributed by atoms with Crippen LogP contribution in [0.2, 0.25) is 0 Å². The first-order chi connectivity index (χ1) is 26.8. The van der Waals surface area contributed by atoms with Crippen molar-refractivity contribution < 1.29 is 4.74 Å². The van der Waals surface area contributed by atoms with Gasteiger partial charge in [-0.1, -0.05) is 146 Å². The van der Waals surface area contributed by atoms with E-state index in [1.54, 1.807) is 0 Å². The number of nitrogens with one attached hydrogen (secondary N) is 1. The fourth-order valence-electron chi connectivity index (χ4n) is 9.68. The Morgan fingerprint density at radius 1 is 0.500 bits per heavy atom. The molecular weight excluding hydrogens is 659 g/mol. The minimum Gasteiger partial charge on any atom is -0.456 e. The van der Waals surface area contributed by atoms with Crippen LogP contribution in [0.15, 0.2) is 188 Å². The lowest BCUT2D eigenvalue weighted by Crippen LogP contribution is -2.37. The molecule has 0 aliphatic carbocycles. The Morgan fingerprint density at radius 2 is 1.17 bits per heavy atom. The number of hydrogen-bond acceptors (Lipinski definition) is 3. The predicted octanol–water partition coefficient (Wildman–Crippen LogP) is 12.5. The molecule has 3 aliphatic heterocycles. The summed E-state index contributed by atoms with van der Waals surface area (Å²) in [6.45, 7) is 0. The van der Waals surface area contributed by atoms with Crippen LogP contribution >= 0.6 is 0 Å². The van der Waals surface area contributed by atoms with E-state index in [-0.39, 0.29) is 6.17 Å². The lowest BCUT2D eigenvalue weighted by Gasteiger charge is -2.45. The molecule has 9 aromatic rings. The molecule has 4 nitrogen and oxygen atoms in total. The Labute approximate surface area is 313 Å². The molecule has 3 aliphatic rings. The number of para-hydroxylation sites is 8. The highest BCUT2D eigenvalue weighted by Gasteiger charge is 2.50. The van der Waals surface area contributed by atoms with Gasteiger partial charge in [0.2, 0.25) is 0 Å². The van der Waals surface area contributed by atoms with Crippen molar-refractivity contribution in [1.82, 2.24) is 4.57 Å². The molecule has 0 amide bonds. The van der Waals surface area contributed by atoms with Gasteiger partial charge in [-0.05, 0) is 64.7 Å². The van der Waals surface area contributed by atoms with E-state index in [1.807, 2.05) is 0 Å². The number of benzene rings is 8. The SMILES string of the molecule is c1ccc(N2c3ccccc3NC2c2ccc(-c3cccc4c3Oc3ccccc3C43c4ccccc4-n4c5ccccc5c5cccc3c54)cc2)cc1. The second kappa shape index (κ2) is 11.0. The van der Waals surface area contributed by atoms with E-state index in [1.165, 1.54) is 49.9 Å². The maximum atomic E-state index is 7.07. The molecule has 0 radical (unpaired) electrons. The van der Waals surface area contributed by atoms with Crippen LogP contribution in [0.1, 0.15) is 34.0 Å². The fraction of sp³-hybridized carbons (Fsp3) is 0.0400. The topological polar surface area (TPSA) is 29.4 Å². The molecule has 0 saturated heterocycles. The maximum absolute atomic E-state index is 7.07. The average molecular weight is 692 g/mol. The Bertz CT molecular complexity index is 2960. The first kappa shape index (κ1) is 29.5. The summed E-state index contributed by atoms with van der Waals surface area (Å²) in [5.74, 6) is 1.79. The van der Waals surface area contributed by atoms with Crippen molar-refractivity contribution in [2.45, 2.75) is 11.6 Å². The van der Waals surface area contributed by atoms with Crippen molar-refractivity contribution >= 4 is 38.9 Å². The Morgan fingerprint density at radius 3 is 2.06 bits per heavy atom. The molecule has 8 aromatic carbocycles. The highest BCUT2D eigenvalue weighted by Crippen LogP contribution is 2.61. The van der Waals surface area contributed by atoms with Gasteiger partial charge in [-0.2, -0.15) is 0 Å². The molecule has 0 bridgehead atoms. The lowest BCUT2D eigenvalue weighted by molar-refractivity contribution is 0.435. The van der Waals surface area contributed by atoms with Crippen molar-refractivity contribution in [2.75, 3.05) is 10.2 Å². The van der Waals surface area contributed by atoms with E-state index in [2.05, 4.69) is 203 Å². The monoisotopic (exact) mass is 691 g/mol. The maximum Gasteiger partial charge on any atom is 0.140 e. The number of anilines is 3. The van der Waals surface area contributed by atoms with E-state index in [0.29, 0.717) is 0 Å². The zero-order chi connectivity index (χ0) is 35.4. The molecule has 54 heavy (non-hydrogen) atoms. The van der Waals surface area contributed by atoms with Crippen molar-refractivity contribution in [3.8, 4) is 28.3 Å². The average Bonchev–Trinajstić information content (AvgIpc) is 3.80. The van der Waals surface area contributed by atoms with Gasteiger partial charge in [-0.3, -0.25) is 0 Å². The van der Waals surface area contributed by atoms with Crippen LogP contribution in [-0.2, 0) is 5.41 Å². The molecule has 12 rings (SSSR count). The summed E-state index contributed by atoms with van der Waals surface area (Å²) in [5, 5.41) is 6.32. The number of nitrogens with zero attached hydrogens (tertiary/aromatic N) is 2. The van der Waals surface area contributed by atoms with Crippen molar-refractivity contribution in [1.29, 1.82) is 0 Å². The third kappa shape index (κ3) is 3.81. The quantitative estimate of drug-likeness (QED) is 0.200. The summed E-state index contributed by atoms with van der Waals surface area (Å²) in [4.78, 5) is 2.39. The smallest absolute Gasteiger partial charge is 0.140 e. The minimum atomic E-state index is -0.601. The first-order valence-corrected chi connectivity index (χ1v) is 18.6. The van der Waals surface area contributed by atoms with E-state index >= 15 is 0 Å². The van der Waals surface area contributed by atoms with Crippen LogP contribution in [-0.4, -0.2) is 4.57 Å². The van der Waals surface area contributed by atoms with Gasteiger partial charge in [-0.25, -0.2) is 0 Å². The molecule has 1 N–H and O–H groups in total. The van der Waals surface area contributed by atoms with Gasteiger partial charge >= 0.3 is 0 Å². The molecule has 1 spiro atoms. The van der Waals surface area contributed by atoms with E-state index in [0.717, 1.165) is 45.1 Å². The number of rotatable bonds is 3. The van der Waals surface area contributed by atoms with E-state index in [4.69, 9.17) is 4.74 Å². The van der Waals surface area contributed by atoms with Gasteiger partial charge in [0.15, 0.2) is 0 Å². The summed E-state index contributed by atoms with van der Waals surface area (Å²) >= 11 is 0. The van der Waals surface area contributed by atoms with Crippen LogP contribution < -0.4 is 15.0 Å². The summed E-state index contributed by atoms with van der Waals surface area (Å²) in [7, 11) is 0. The molecule has 4 heterocycles. The van der Waals surface area contributed by atoms with Crippen LogP contribution in [0.5, 0.6) is 11.5 Å². The van der Waals surface area contributed by atoms with Crippen molar-refractivity contribution in [3.05, 3.63) is 216 Å². The zero-order valence-electron chi connectivity index (χ0n) is 29.3. The van der Waals surface area contributed by atoms with Gasteiger partial charge in [0.1, 0.15) is 17.7 Å². The molecule has 2 unspecified atom stereocenters. The standard InChI is InChI=1S/C50H33N3O/c1-2-14-34(15-3-1)52-45-26-10-7-23-42(45)51-49(52)33-30-28-32(29-31-33)35-17-12-22-41-48(35)54-46-27-11-6-20-39(46)50(41)38-19-5-9-25-44(38)53-43-24-8-4-16-36(43)37-18-13-21-40(50)47(37)53/h1-31,49,51H. The lowest BCUT2D eigenvalue weighted by atomic mass is 9.61. The number of ether oxygens (including phenoxy) is 1. The first-order valence-electron chi connectivity index (χ1n) is 18.6. The summed E-state index contributed by atoms with van der Waals surface area (Å²) < 4.78 is 9.55. The normalized spacial score (nSPS) is 17.4. The second-order valence-corrected chi connectivity index (χ2v) is 14.5. The predicted molar refractivity (Wildman–Crippen MR) is 220 cm³/mol. The highest BCUT2D eigenvalue weighted by molar-refractivity contribution is 6.12. The molecule has 1 aromatic heterocycles. The second-order valence-electron chi connectivity index (χ2n) is 14.5. The van der Waals surface area contributed by atoms with E-state index < -0.39 is 5.41 Å². The Hall–Kier alpha value is -7.04. The summed E-state index contributed by atoms with van der Waals surface area (Å²) in [6, 6.07) is 68.2. The number of aromatic nitrogens is 1. The molecule has 0 fully saturated rings. The van der Waals surface area contributed by atoms with Gasteiger partial charge in [0.25, 0.3) is 0 Å². The molecular formula is C50H33N3O. The Kier molecular flexibility index (Phi) is 6.01. The third-order valence-electron chi connectivity index (χ3n) is 11.9. The van der Waals surface area contributed by atoms with Gasteiger partial charge in [0, 0.05) is 33.2 Å². The summed E-state index contributed by atoms with van der Waals surface area (Å²) in [6.07, 6.45) is -0.0408. The minimum absolute atomic E-state index is 0.0408. The van der Waals surface area contributed by atoms with Crippen molar-refractivity contribution in [2.24, 2.45) is 0 Å². The number of hydrogen-bond donors (Lipinski definition) is 1. The van der Waals surface area contributed by atoms with E-state index in [9.17, 15) is 0 Å². The largest absolute Gasteiger partial charge is 0.456 e. The number of fused-ring (bicyclic) bond motifs is 12. The van der Waals surface area contributed by atoms with Crippen molar-refractivity contribution in [3.63, 3.8) is 0 Å². The molecule has 254 valence electrons. The third-order valence-corrected chi connectivity index (χ3v) is 11.9. The van der Waals surface area contributed by atoms with Gasteiger partial charge < -0.3 is 19.5 Å². The van der Waals surface area contributed by atoms with Gasteiger partial charge in [-0.15, -0.1) is 0 Å². The molecule has 0 saturated carbocycles. The van der Waals surface area contributed by atoms with Crippen LogP contribution in [0, 0.1) is 0 Å². The zero-order valence-corrected chi connectivity index (χ0v) is 29.3. The molecule has 4 heteroatoms. The highest BCUT2D eigenvalue weighted by atomic mass is 16.5. The van der Waals surface area contributed by atoms with Crippen LogP contribution in [0.3, 0.4) is 0 Å². The van der Waals surface area contributed by atoms with Crippen LogP contribution in [0.4, 0.5) is 17.1 Å². The Balaban J connectivity index is 1.06. The van der Waals surface area contributed by atoms with Crippen LogP contribution in [0.25, 0.3) is 38.6 Å². The molecule has 2 atom stereocenters. The van der Waals surface area contributed by atoms with Gasteiger partial charge in [0.05, 0.1) is 33.5 Å². The fourth-order valence-corrected chi connectivity index (χ4v) is 9.68. The summed E-state index contributed by atoms with van der Waals surface area (Å²) in [5.41, 5.74) is 14.8.